The summed E-state index contributed by atoms with van der Waals surface area (Å²) in [7, 11) is 1.31. The highest BCUT2D eigenvalue weighted by Crippen LogP contribution is 2.35. The van der Waals surface area contributed by atoms with Crippen LogP contribution in [0, 0.1) is 17.0 Å². The summed E-state index contributed by atoms with van der Waals surface area (Å²) in [5, 5.41) is 20.2. The average molecular weight is 251 g/mol. The molecule has 0 unspecified atom stereocenters. The number of carbonyl (C=O) groups is 1. The van der Waals surface area contributed by atoms with E-state index in [-0.39, 0.29) is 22.8 Å². The maximum absolute atomic E-state index is 10.9. The molecule has 1 N–H and O–H groups in total. The van der Waals surface area contributed by atoms with E-state index in [1.165, 1.54) is 13.2 Å². The van der Waals surface area contributed by atoms with Crippen LogP contribution in [0.4, 0.5) is 5.69 Å². The zero-order chi connectivity index (χ0) is 13.4. The number of hydrogen-bond acceptors (Lipinski definition) is 5. The SMILES string of the molecule is COc1cc2c(C)c(C(=O)O)oc2cc1[N+](=O)[O-]. The minimum Gasteiger partial charge on any atom is -0.490 e. The van der Waals surface area contributed by atoms with Crippen LogP contribution in [0.1, 0.15) is 16.1 Å². The zero-order valence-electron chi connectivity index (χ0n) is 9.59. The largest absolute Gasteiger partial charge is 0.490 e. The molecule has 0 aliphatic carbocycles. The third-order valence-corrected chi connectivity index (χ3v) is 2.63. The number of fused-ring (bicyclic) bond motifs is 1. The summed E-state index contributed by atoms with van der Waals surface area (Å²) in [6.07, 6.45) is 0. The molecule has 0 fully saturated rings. The third-order valence-electron chi connectivity index (χ3n) is 2.63. The van der Waals surface area contributed by atoms with E-state index in [9.17, 15) is 14.9 Å². The standard InChI is InChI=1S/C11H9NO6/c1-5-6-3-9(17-2)7(12(15)16)4-8(6)18-10(5)11(13)14/h3-4H,1-2H3,(H,13,14). The number of nitrogens with zero attached hydrogens (tertiary/aromatic N) is 1. The Morgan fingerprint density at radius 2 is 2.17 bits per heavy atom. The van der Waals surface area contributed by atoms with Crippen molar-refractivity contribution in [3.8, 4) is 5.75 Å². The zero-order valence-corrected chi connectivity index (χ0v) is 9.59. The van der Waals surface area contributed by atoms with Crippen molar-refractivity contribution in [1.82, 2.24) is 0 Å². The van der Waals surface area contributed by atoms with E-state index in [1.54, 1.807) is 6.92 Å². The van der Waals surface area contributed by atoms with Crippen molar-refractivity contribution < 1.29 is 24.0 Å². The number of methoxy groups -OCH3 is 1. The molecule has 0 saturated carbocycles. The second-order valence-corrected chi connectivity index (χ2v) is 3.64. The molecule has 0 amide bonds. The van der Waals surface area contributed by atoms with Crippen molar-refractivity contribution >= 4 is 22.6 Å². The van der Waals surface area contributed by atoms with Gasteiger partial charge in [-0.05, 0) is 13.0 Å². The van der Waals surface area contributed by atoms with E-state index in [4.69, 9.17) is 14.3 Å². The van der Waals surface area contributed by atoms with Gasteiger partial charge in [0, 0.05) is 10.9 Å². The van der Waals surface area contributed by atoms with Gasteiger partial charge in [0.05, 0.1) is 18.1 Å². The monoisotopic (exact) mass is 251 g/mol. The molecular weight excluding hydrogens is 242 g/mol. The van der Waals surface area contributed by atoms with Gasteiger partial charge < -0.3 is 14.3 Å². The number of aryl methyl sites for hydroxylation is 1. The fourth-order valence-electron chi connectivity index (χ4n) is 1.75. The van der Waals surface area contributed by atoms with Gasteiger partial charge in [0.1, 0.15) is 5.58 Å². The fourth-order valence-corrected chi connectivity index (χ4v) is 1.75. The molecular formula is C11H9NO6. The maximum Gasteiger partial charge on any atom is 0.372 e. The first-order valence-electron chi connectivity index (χ1n) is 4.94. The molecule has 2 rings (SSSR count). The van der Waals surface area contributed by atoms with E-state index in [2.05, 4.69) is 0 Å². The minimum absolute atomic E-state index is 0.0633. The molecule has 0 radical (unpaired) electrons. The van der Waals surface area contributed by atoms with Crippen LogP contribution in [-0.2, 0) is 0 Å². The lowest BCUT2D eigenvalue weighted by Gasteiger charge is -2.00. The highest BCUT2D eigenvalue weighted by Gasteiger charge is 2.22. The summed E-state index contributed by atoms with van der Waals surface area (Å²) in [5.41, 5.74) is 0.291. The van der Waals surface area contributed by atoms with Gasteiger partial charge in [-0.2, -0.15) is 0 Å². The summed E-state index contributed by atoms with van der Waals surface area (Å²) in [5.74, 6) is -1.38. The first-order valence-corrected chi connectivity index (χ1v) is 4.94. The normalized spacial score (nSPS) is 10.6. The lowest BCUT2D eigenvalue weighted by molar-refractivity contribution is -0.385. The van der Waals surface area contributed by atoms with Crippen molar-refractivity contribution in [3.05, 3.63) is 33.6 Å². The molecule has 0 spiro atoms. The number of carboxylic acids is 1. The lowest BCUT2D eigenvalue weighted by Crippen LogP contribution is -1.95. The molecule has 0 bridgehead atoms. The lowest BCUT2D eigenvalue weighted by atomic mass is 10.1. The van der Waals surface area contributed by atoms with E-state index in [1.807, 2.05) is 0 Å². The Hall–Kier alpha value is -2.57. The van der Waals surface area contributed by atoms with Gasteiger partial charge in [0.15, 0.2) is 5.75 Å². The van der Waals surface area contributed by atoms with Crippen LogP contribution in [0.15, 0.2) is 16.5 Å². The molecule has 7 heteroatoms. The van der Waals surface area contributed by atoms with Gasteiger partial charge in [-0.1, -0.05) is 0 Å². The number of hydrogen-bond donors (Lipinski definition) is 1. The molecule has 0 atom stereocenters. The Balaban J connectivity index is 2.80. The Morgan fingerprint density at radius 1 is 1.50 bits per heavy atom. The molecule has 0 aliphatic heterocycles. The first kappa shape index (κ1) is 11.9. The van der Waals surface area contributed by atoms with Gasteiger partial charge >= 0.3 is 11.7 Å². The number of benzene rings is 1. The summed E-state index contributed by atoms with van der Waals surface area (Å²) in [4.78, 5) is 21.1. The summed E-state index contributed by atoms with van der Waals surface area (Å²) in [6, 6.07) is 2.56. The number of furan rings is 1. The van der Waals surface area contributed by atoms with Crippen LogP contribution in [0.5, 0.6) is 5.75 Å². The predicted octanol–water partition coefficient (Wildman–Crippen LogP) is 2.36. The first-order chi connectivity index (χ1) is 8.45. The number of nitro groups is 1. The smallest absolute Gasteiger partial charge is 0.372 e. The fraction of sp³-hybridized carbons (Fsp3) is 0.182. The predicted molar refractivity (Wildman–Crippen MR) is 61.1 cm³/mol. The number of nitro benzene ring substituents is 1. The van der Waals surface area contributed by atoms with Crippen LogP contribution >= 0.6 is 0 Å². The number of ether oxygens (including phenoxy) is 1. The molecule has 1 aromatic carbocycles. The van der Waals surface area contributed by atoms with Crippen molar-refractivity contribution in [3.63, 3.8) is 0 Å². The van der Waals surface area contributed by atoms with Crippen LogP contribution in [0.25, 0.3) is 11.0 Å². The highest BCUT2D eigenvalue weighted by molar-refractivity contribution is 5.96. The molecule has 0 saturated heterocycles. The minimum atomic E-state index is -1.22. The Morgan fingerprint density at radius 3 is 2.67 bits per heavy atom. The molecule has 18 heavy (non-hydrogen) atoms. The Kier molecular flexibility index (Phi) is 2.66. The summed E-state index contributed by atoms with van der Waals surface area (Å²) < 4.78 is 10.00. The molecule has 0 aliphatic rings. The van der Waals surface area contributed by atoms with Gasteiger partial charge in [0.2, 0.25) is 5.76 Å². The summed E-state index contributed by atoms with van der Waals surface area (Å²) in [6.45, 7) is 1.57. The third kappa shape index (κ3) is 1.65. The van der Waals surface area contributed by atoms with Crippen LogP contribution in [-0.4, -0.2) is 23.1 Å². The second kappa shape index (κ2) is 4.02. The average Bonchev–Trinajstić information content (AvgIpc) is 2.65. The quantitative estimate of drug-likeness (QED) is 0.663. The van der Waals surface area contributed by atoms with E-state index < -0.39 is 10.9 Å². The van der Waals surface area contributed by atoms with Gasteiger partial charge in [-0.15, -0.1) is 0 Å². The number of rotatable bonds is 3. The molecule has 1 aromatic heterocycles. The van der Waals surface area contributed by atoms with Gasteiger partial charge in [0.25, 0.3) is 0 Å². The van der Waals surface area contributed by atoms with Crippen molar-refractivity contribution in [2.45, 2.75) is 6.92 Å². The number of aromatic carboxylic acids is 1. The maximum atomic E-state index is 10.9. The van der Waals surface area contributed by atoms with E-state index >= 15 is 0 Å². The Labute approximate surface area is 101 Å². The molecule has 2 aromatic rings. The van der Waals surface area contributed by atoms with Gasteiger partial charge in [-0.25, -0.2) is 4.79 Å². The molecule has 7 nitrogen and oxygen atoms in total. The van der Waals surface area contributed by atoms with Gasteiger partial charge in [-0.3, -0.25) is 10.1 Å². The second-order valence-electron chi connectivity index (χ2n) is 3.64. The topological polar surface area (TPSA) is 103 Å². The summed E-state index contributed by atoms with van der Waals surface area (Å²) >= 11 is 0. The highest BCUT2D eigenvalue weighted by atomic mass is 16.6. The van der Waals surface area contributed by atoms with Crippen molar-refractivity contribution in [2.75, 3.05) is 7.11 Å². The van der Waals surface area contributed by atoms with Crippen LogP contribution < -0.4 is 4.74 Å². The van der Waals surface area contributed by atoms with E-state index in [0.29, 0.717) is 10.9 Å². The van der Waals surface area contributed by atoms with Crippen molar-refractivity contribution in [1.29, 1.82) is 0 Å². The van der Waals surface area contributed by atoms with E-state index in [0.717, 1.165) is 6.07 Å². The molecule has 1 heterocycles. The van der Waals surface area contributed by atoms with Crippen molar-refractivity contribution in [2.24, 2.45) is 0 Å². The number of carboxylic acid groups (broad SMARTS) is 1. The molecule has 94 valence electrons. The van der Waals surface area contributed by atoms with Crippen LogP contribution in [0.2, 0.25) is 0 Å². The van der Waals surface area contributed by atoms with Crippen LogP contribution in [0.3, 0.4) is 0 Å². The Bertz CT molecular complexity index is 657.